The third kappa shape index (κ3) is 2.67. The van der Waals surface area contributed by atoms with Gasteiger partial charge in [-0.2, -0.15) is 5.10 Å². The monoisotopic (exact) mass is 262 g/mol. The Balaban J connectivity index is 2.37. The Labute approximate surface area is 111 Å². The summed E-state index contributed by atoms with van der Waals surface area (Å²) in [5, 5.41) is 13.4. The number of hydrogen-bond donors (Lipinski definition) is 1. The van der Waals surface area contributed by atoms with E-state index in [1.807, 2.05) is 24.8 Å². The van der Waals surface area contributed by atoms with Gasteiger partial charge in [-0.1, -0.05) is 6.92 Å². The van der Waals surface area contributed by atoms with Crippen LogP contribution in [-0.4, -0.2) is 38.8 Å². The SMILES string of the molecule is CCN(CC(C)C(=O)O)c1nccn2nc(C)cc12. The highest BCUT2D eigenvalue weighted by Gasteiger charge is 2.18. The second-order valence-corrected chi connectivity index (χ2v) is 4.64. The quantitative estimate of drug-likeness (QED) is 0.886. The fourth-order valence-corrected chi connectivity index (χ4v) is 2.05. The molecule has 102 valence electrons. The zero-order valence-corrected chi connectivity index (χ0v) is 11.4. The van der Waals surface area contributed by atoms with Crippen molar-refractivity contribution in [2.45, 2.75) is 20.8 Å². The van der Waals surface area contributed by atoms with E-state index < -0.39 is 11.9 Å². The number of anilines is 1. The van der Waals surface area contributed by atoms with Gasteiger partial charge in [-0.3, -0.25) is 4.79 Å². The molecule has 2 aromatic heterocycles. The van der Waals surface area contributed by atoms with Crippen molar-refractivity contribution in [2.24, 2.45) is 5.92 Å². The molecule has 0 saturated heterocycles. The first kappa shape index (κ1) is 13.3. The number of rotatable bonds is 5. The summed E-state index contributed by atoms with van der Waals surface area (Å²) in [5.74, 6) is -0.459. The number of aromatic nitrogens is 3. The van der Waals surface area contributed by atoms with Crippen molar-refractivity contribution in [3.05, 3.63) is 24.2 Å². The van der Waals surface area contributed by atoms with Crippen LogP contribution in [0.5, 0.6) is 0 Å². The average molecular weight is 262 g/mol. The zero-order chi connectivity index (χ0) is 14.0. The first-order chi connectivity index (χ1) is 9.02. The van der Waals surface area contributed by atoms with Gasteiger partial charge >= 0.3 is 5.97 Å². The van der Waals surface area contributed by atoms with Crippen LogP contribution >= 0.6 is 0 Å². The highest BCUT2D eigenvalue weighted by Crippen LogP contribution is 2.20. The van der Waals surface area contributed by atoms with Crippen LogP contribution in [0.15, 0.2) is 18.5 Å². The van der Waals surface area contributed by atoms with Crippen LogP contribution in [-0.2, 0) is 4.79 Å². The minimum absolute atomic E-state index is 0.433. The molecule has 0 aliphatic heterocycles. The van der Waals surface area contributed by atoms with Gasteiger partial charge in [-0.05, 0) is 19.9 Å². The first-order valence-electron chi connectivity index (χ1n) is 6.31. The Bertz CT molecular complexity index is 593. The van der Waals surface area contributed by atoms with Gasteiger partial charge in [0, 0.05) is 25.5 Å². The fraction of sp³-hybridized carbons (Fsp3) is 0.462. The number of carbonyl (C=O) groups is 1. The lowest BCUT2D eigenvalue weighted by atomic mass is 10.1. The van der Waals surface area contributed by atoms with E-state index in [9.17, 15) is 4.79 Å². The molecule has 1 atom stereocenters. The summed E-state index contributed by atoms with van der Waals surface area (Å²) >= 11 is 0. The predicted octanol–water partition coefficient (Wildman–Crippen LogP) is 1.58. The number of fused-ring (bicyclic) bond motifs is 1. The van der Waals surface area contributed by atoms with E-state index in [1.165, 1.54) is 0 Å². The molecule has 6 heteroatoms. The van der Waals surface area contributed by atoms with Crippen molar-refractivity contribution in [3.63, 3.8) is 0 Å². The maximum atomic E-state index is 11.0. The molecule has 0 bridgehead atoms. The molecule has 0 spiro atoms. The Morgan fingerprint density at radius 3 is 2.95 bits per heavy atom. The number of hydrogen-bond acceptors (Lipinski definition) is 4. The molecule has 0 saturated carbocycles. The van der Waals surface area contributed by atoms with Crippen LogP contribution in [0.25, 0.3) is 5.52 Å². The van der Waals surface area contributed by atoms with Gasteiger partial charge in [-0.25, -0.2) is 9.50 Å². The van der Waals surface area contributed by atoms with Gasteiger partial charge in [0.1, 0.15) is 5.52 Å². The van der Waals surface area contributed by atoms with E-state index in [0.29, 0.717) is 13.1 Å². The van der Waals surface area contributed by atoms with Crippen LogP contribution < -0.4 is 4.90 Å². The number of carboxylic acid groups (broad SMARTS) is 1. The third-order valence-electron chi connectivity index (χ3n) is 3.09. The number of aryl methyl sites for hydroxylation is 1. The Kier molecular flexibility index (Phi) is 3.69. The van der Waals surface area contributed by atoms with Gasteiger partial charge in [0.15, 0.2) is 5.82 Å². The summed E-state index contributed by atoms with van der Waals surface area (Å²) in [5.41, 5.74) is 1.82. The molecule has 19 heavy (non-hydrogen) atoms. The van der Waals surface area contributed by atoms with Crippen molar-refractivity contribution < 1.29 is 9.90 Å². The molecule has 1 unspecified atom stereocenters. The van der Waals surface area contributed by atoms with Crippen LogP contribution in [0, 0.1) is 12.8 Å². The summed E-state index contributed by atoms with van der Waals surface area (Å²) in [7, 11) is 0. The highest BCUT2D eigenvalue weighted by molar-refractivity contribution is 5.72. The minimum Gasteiger partial charge on any atom is -0.481 e. The third-order valence-corrected chi connectivity index (χ3v) is 3.09. The van der Waals surface area contributed by atoms with E-state index in [2.05, 4.69) is 10.1 Å². The molecule has 2 heterocycles. The molecule has 0 radical (unpaired) electrons. The fourth-order valence-electron chi connectivity index (χ4n) is 2.05. The van der Waals surface area contributed by atoms with Gasteiger partial charge in [0.05, 0.1) is 11.6 Å². The van der Waals surface area contributed by atoms with E-state index in [-0.39, 0.29) is 0 Å². The van der Waals surface area contributed by atoms with Crippen molar-refractivity contribution in [1.82, 2.24) is 14.6 Å². The van der Waals surface area contributed by atoms with Crippen molar-refractivity contribution in [3.8, 4) is 0 Å². The van der Waals surface area contributed by atoms with E-state index in [4.69, 9.17) is 5.11 Å². The lowest BCUT2D eigenvalue weighted by molar-refractivity contribution is -0.140. The Morgan fingerprint density at radius 2 is 2.32 bits per heavy atom. The summed E-state index contributed by atoms with van der Waals surface area (Å²) in [6.07, 6.45) is 3.48. The van der Waals surface area contributed by atoms with Crippen LogP contribution in [0.2, 0.25) is 0 Å². The molecule has 1 N–H and O–H groups in total. The molecule has 2 aromatic rings. The molecule has 0 fully saturated rings. The topological polar surface area (TPSA) is 70.7 Å². The number of carboxylic acids is 1. The van der Waals surface area contributed by atoms with E-state index in [0.717, 1.165) is 17.0 Å². The molecule has 6 nitrogen and oxygen atoms in total. The highest BCUT2D eigenvalue weighted by atomic mass is 16.4. The lowest BCUT2D eigenvalue weighted by Crippen LogP contribution is -2.32. The number of aliphatic carboxylic acids is 1. The molecular formula is C13H18N4O2. The maximum absolute atomic E-state index is 11.0. The molecule has 0 aromatic carbocycles. The summed E-state index contributed by atoms with van der Waals surface area (Å²) in [6.45, 7) is 6.75. The van der Waals surface area contributed by atoms with Crippen molar-refractivity contribution >= 4 is 17.3 Å². The normalized spacial score (nSPS) is 12.6. The summed E-state index contributed by atoms with van der Waals surface area (Å²) < 4.78 is 1.77. The van der Waals surface area contributed by atoms with Gasteiger partial charge in [0.2, 0.25) is 0 Å². The van der Waals surface area contributed by atoms with Crippen molar-refractivity contribution in [2.75, 3.05) is 18.0 Å². The second kappa shape index (κ2) is 5.26. The molecular weight excluding hydrogens is 244 g/mol. The largest absolute Gasteiger partial charge is 0.481 e. The van der Waals surface area contributed by atoms with Gasteiger partial charge in [0.25, 0.3) is 0 Å². The predicted molar refractivity (Wildman–Crippen MR) is 72.4 cm³/mol. The smallest absolute Gasteiger partial charge is 0.308 e. The minimum atomic E-state index is -0.796. The maximum Gasteiger partial charge on any atom is 0.308 e. The lowest BCUT2D eigenvalue weighted by Gasteiger charge is -2.24. The molecule has 0 aliphatic rings. The zero-order valence-electron chi connectivity index (χ0n) is 11.4. The average Bonchev–Trinajstić information content (AvgIpc) is 2.75. The first-order valence-corrected chi connectivity index (χ1v) is 6.31. The number of nitrogens with zero attached hydrogens (tertiary/aromatic N) is 4. The van der Waals surface area contributed by atoms with Gasteiger partial charge in [-0.15, -0.1) is 0 Å². The molecule has 2 rings (SSSR count). The van der Waals surface area contributed by atoms with Gasteiger partial charge < -0.3 is 10.0 Å². The standard InChI is InChI=1S/C13H18N4O2/c1-4-16(8-9(2)13(18)19)12-11-7-10(3)15-17(11)6-5-14-12/h5-7,9H,4,8H2,1-3H3,(H,18,19). The summed E-state index contributed by atoms with van der Waals surface area (Å²) in [4.78, 5) is 17.3. The Morgan fingerprint density at radius 1 is 1.58 bits per heavy atom. The van der Waals surface area contributed by atoms with Crippen LogP contribution in [0.3, 0.4) is 0 Å². The molecule has 0 amide bonds. The molecule has 0 aliphatic carbocycles. The van der Waals surface area contributed by atoms with E-state index >= 15 is 0 Å². The van der Waals surface area contributed by atoms with E-state index in [1.54, 1.807) is 23.8 Å². The Hall–Kier alpha value is -2.11. The van der Waals surface area contributed by atoms with Crippen LogP contribution in [0.4, 0.5) is 5.82 Å². The summed E-state index contributed by atoms with van der Waals surface area (Å²) in [6, 6.07) is 1.95. The van der Waals surface area contributed by atoms with Crippen LogP contribution in [0.1, 0.15) is 19.5 Å². The van der Waals surface area contributed by atoms with Crippen molar-refractivity contribution in [1.29, 1.82) is 0 Å². The second-order valence-electron chi connectivity index (χ2n) is 4.64.